The molecule has 0 radical (unpaired) electrons. The molecule has 34 heavy (non-hydrogen) atoms. The minimum Gasteiger partial charge on any atom is -0.383 e. The molecule has 0 atom stereocenters. The Morgan fingerprint density at radius 1 is 1.00 bits per heavy atom. The van der Waals surface area contributed by atoms with Gasteiger partial charge in [-0.2, -0.15) is 0 Å². The Balaban J connectivity index is 1.33. The van der Waals surface area contributed by atoms with Crippen molar-refractivity contribution in [1.82, 2.24) is 19.9 Å². The van der Waals surface area contributed by atoms with E-state index in [0.717, 1.165) is 64.0 Å². The normalized spacial score (nSPS) is 17.5. The van der Waals surface area contributed by atoms with Crippen molar-refractivity contribution in [1.29, 1.82) is 0 Å². The topological polar surface area (TPSA) is 99.3 Å². The van der Waals surface area contributed by atoms with Crippen LogP contribution in [0.3, 0.4) is 0 Å². The lowest BCUT2D eigenvalue weighted by Gasteiger charge is -2.37. The molecule has 3 aromatic heterocycles. The van der Waals surface area contributed by atoms with Crippen LogP contribution in [0.1, 0.15) is 12.8 Å². The third-order valence-corrected chi connectivity index (χ3v) is 7.12. The zero-order valence-electron chi connectivity index (χ0n) is 18.4. The number of rotatable bonds is 3. The highest BCUT2D eigenvalue weighted by Crippen LogP contribution is 2.35. The van der Waals surface area contributed by atoms with Gasteiger partial charge in [0.1, 0.15) is 24.8 Å². The summed E-state index contributed by atoms with van der Waals surface area (Å²) in [4.78, 5) is 20.4. The number of aromatic nitrogens is 4. The fourth-order valence-corrected chi connectivity index (χ4v) is 5.11. The highest BCUT2D eigenvalue weighted by molar-refractivity contribution is 9.10. The summed E-state index contributed by atoms with van der Waals surface area (Å²) in [5.41, 5.74) is 10.3. The predicted octanol–water partition coefficient (Wildman–Crippen LogP) is 4.44. The van der Waals surface area contributed by atoms with E-state index in [1.807, 2.05) is 30.5 Å². The van der Waals surface area contributed by atoms with E-state index in [4.69, 9.17) is 25.2 Å². The summed E-state index contributed by atoms with van der Waals surface area (Å²) in [5, 5.41) is 0.745. The number of fused-ring (bicyclic) bond motifs is 1. The fraction of sp³-hybridized carbons (Fsp3) is 0.280. The first-order valence-corrected chi connectivity index (χ1v) is 12.0. The van der Waals surface area contributed by atoms with Crippen LogP contribution in [-0.4, -0.2) is 52.0 Å². The Morgan fingerprint density at radius 2 is 1.88 bits per heavy atom. The minimum absolute atomic E-state index is 0.113. The second kappa shape index (κ2) is 8.57. The quantitative estimate of drug-likeness (QED) is 0.424. The fourth-order valence-electron chi connectivity index (χ4n) is 4.71. The molecule has 0 bridgehead atoms. The van der Waals surface area contributed by atoms with Gasteiger partial charge in [-0.25, -0.2) is 19.9 Å². The first kappa shape index (κ1) is 21.4. The van der Waals surface area contributed by atoms with E-state index >= 15 is 0 Å². The average molecular weight is 519 g/mol. The Kier molecular flexibility index (Phi) is 5.40. The molecule has 0 aliphatic carbocycles. The van der Waals surface area contributed by atoms with Crippen molar-refractivity contribution in [2.45, 2.75) is 18.4 Å². The van der Waals surface area contributed by atoms with Crippen LogP contribution in [-0.2, 0) is 9.47 Å². The van der Waals surface area contributed by atoms with Gasteiger partial charge in [-0.05, 0) is 54.3 Å². The maximum absolute atomic E-state index is 6.23. The van der Waals surface area contributed by atoms with E-state index in [9.17, 15) is 0 Å². The second-order valence-electron chi connectivity index (χ2n) is 8.71. The summed E-state index contributed by atoms with van der Waals surface area (Å²) in [6.07, 6.45) is 5.21. The molecular weight excluding hydrogens is 496 g/mol. The van der Waals surface area contributed by atoms with Gasteiger partial charge in [0, 0.05) is 29.3 Å². The molecule has 2 fully saturated rings. The van der Waals surface area contributed by atoms with Gasteiger partial charge >= 0.3 is 0 Å². The molecule has 2 saturated heterocycles. The van der Waals surface area contributed by atoms with Crippen LogP contribution in [0.15, 0.2) is 59.5 Å². The number of anilines is 2. The molecule has 1 spiro atoms. The van der Waals surface area contributed by atoms with Crippen LogP contribution in [0, 0.1) is 0 Å². The van der Waals surface area contributed by atoms with Gasteiger partial charge in [0.15, 0.2) is 5.65 Å². The predicted molar refractivity (Wildman–Crippen MR) is 134 cm³/mol. The molecule has 1 aromatic carbocycles. The standard InChI is InChI=1S/C25H23BrN6O2/c26-18-3-1-2-16(10-18)19-11-20(31-24-22(19)23(27)29-14-30-24)17-4-5-21(28-12-17)32-8-6-25(7-9-32)13-33-15-34-25/h1-5,10-12,14H,6-9,13,15H2,(H2,27,29,30,31). The number of nitrogens with two attached hydrogens (primary N) is 1. The molecule has 0 unspecified atom stereocenters. The zero-order valence-corrected chi connectivity index (χ0v) is 20.0. The largest absolute Gasteiger partial charge is 0.383 e. The maximum atomic E-state index is 6.23. The highest BCUT2D eigenvalue weighted by Gasteiger charge is 2.39. The average Bonchev–Trinajstić information content (AvgIpc) is 3.32. The van der Waals surface area contributed by atoms with Crippen molar-refractivity contribution in [2.24, 2.45) is 0 Å². The van der Waals surface area contributed by atoms with Gasteiger partial charge in [0.2, 0.25) is 0 Å². The van der Waals surface area contributed by atoms with Gasteiger partial charge in [-0.15, -0.1) is 0 Å². The highest BCUT2D eigenvalue weighted by atomic mass is 79.9. The van der Waals surface area contributed by atoms with E-state index < -0.39 is 0 Å². The molecule has 4 aromatic rings. The molecule has 6 rings (SSSR count). The van der Waals surface area contributed by atoms with E-state index in [2.05, 4.69) is 49.0 Å². The Hall–Kier alpha value is -3.14. The lowest BCUT2D eigenvalue weighted by Crippen LogP contribution is -2.46. The summed E-state index contributed by atoms with van der Waals surface area (Å²) >= 11 is 3.56. The van der Waals surface area contributed by atoms with Gasteiger partial charge in [-0.1, -0.05) is 28.1 Å². The van der Waals surface area contributed by atoms with Crippen molar-refractivity contribution in [3.05, 3.63) is 59.5 Å². The third kappa shape index (κ3) is 3.89. The van der Waals surface area contributed by atoms with Crippen molar-refractivity contribution in [3.8, 4) is 22.4 Å². The van der Waals surface area contributed by atoms with Crippen LogP contribution in [0.5, 0.6) is 0 Å². The van der Waals surface area contributed by atoms with Gasteiger partial charge in [0.25, 0.3) is 0 Å². The Labute approximate surface area is 205 Å². The van der Waals surface area contributed by atoms with Crippen LogP contribution in [0.2, 0.25) is 0 Å². The summed E-state index contributed by atoms with van der Waals surface area (Å²) < 4.78 is 12.3. The van der Waals surface area contributed by atoms with Crippen LogP contribution >= 0.6 is 15.9 Å². The first-order chi connectivity index (χ1) is 16.6. The van der Waals surface area contributed by atoms with E-state index in [1.165, 1.54) is 6.33 Å². The number of hydrogen-bond donors (Lipinski definition) is 1. The number of halogens is 1. The number of hydrogen-bond acceptors (Lipinski definition) is 8. The maximum Gasteiger partial charge on any atom is 0.165 e. The summed E-state index contributed by atoms with van der Waals surface area (Å²) in [6, 6.07) is 14.2. The zero-order chi connectivity index (χ0) is 23.1. The SMILES string of the molecule is Nc1ncnc2nc(-c3ccc(N4CCC5(CC4)COCO5)nc3)cc(-c3cccc(Br)c3)c12. The Morgan fingerprint density at radius 3 is 2.62 bits per heavy atom. The molecule has 8 nitrogen and oxygen atoms in total. The molecule has 5 heterocycles. The molecule has 2 N–H and O–H groups in total. The Bertz CT molecular complexity index is 1350. The number of nitrogens with zero attached hydrogens (tertiary/aromatic N) is 5. The molecular formula is C25H23BrN6O2. The smallest absolute Gasteiger partial charge is 0.165 e. The van der Waals surface area contributed by atoms with Crippen molar-refractivity contribution in [3.63, 3.8) is 0 Å². The van der Waals surface area contributed by atoms with Crippen molar-refractivity contribution in [2.75, 3.05) is 37.1 Å². The van der Waals surface area contributed by atoms with Crippen molar-refractivity contribution < 1.29 is 9.47 Å². The van der Waals surface area contributed by atoms with Gasteiger partial charge in [0.05, 0.1) is 23.3 Å². The van der Waals surface area contributed by atoms with Crippen LogP contribution < -0.4 is 10.6 Å². The number of nitrogen functional groups attached to an aromatic ring is 1. The third-order valence-electron chi connectivity index (χ3n) is 6.62. The number of pyridine rings is 2. The van der Waals surface area contributed by atoms with E-state index in [1.54, 1.807) is 0 Å². The lowest BCUT2D eigenvalue weighted by molar-refractivity contribution is -0.0220. The summed E-state index contributed by atoms with van der Waals surface area (Å²) in [6.45, 7) is 2.89. The first-order valence-electron chi connectivity index (χ1n) is 11.2. The van der Waals surface area contributed by atoms with E-state index in [-0.39, 0.29) is 5.60 Å². The van der Waals surface area contributed by atoms with Crippen LogP contribution in [0.25, 0.3) is 33.4 Å². The summed E-state index contributed by atoms with van der Waals surface area (Å²) in [5.74, 6) is 1.36. The van der Waals surface area contributed by atoms with E-state index in [0.29, 0.717) is 24.9 Å². The number of benzene rings is 1. The molecule has 2 aliphatic rings. The van der Waals surface area contributed by atoms with Gasteiger partial charge < -0.3 is 20.1 Å². The van der Waals surface area contributed by atoms with Crippen molar-refractivity contribution >= 4 is 38.6 Å². The monoisotopic (exact) mass is 518 g/mol. The molecule has 2 aliphatic heterocycles. The molecule has 0 saturated carbocycles. The molecule has 0 amide bonds. The van der Waals surface area contributed by atoms with Gasteiger partial charge in [-0.3, -0.25) is 0 Å². The number of piperidine rings is 1. The molecule has 9 heteroatoms. The number of ether oxygens (including phenoxy) is 2. The molecule has 172 valence electrons. The summed E-state index contributed by atoms with van der Waals surface area (Å²) in [7, 11) is 0. The minimum atomic E-state index is -0.113. The van der Waals surface area contributed by atoms with Crippen LogP contribution in [0.4, 0.5) is 11.6 Å². The lowest BCUT2D eigenvalue weighted by atomic mass is 9.92. The second-order valence-corrected chi connectivity index (χ2v) is 9.62.